The number of carbonyl (C=O) groups is 1. The summed E-state index contributed by atoms with van der Waals surface area (Å²) in [6.07, 6.45) is 0. The Kier molecular flexibility index (Phi) is 4.90. The van der Waals surface area contributed by atoms with Gasteiger partial charge >= 0.3 is 0 Å². The van der Waals surface area contributed by atoms with Crippen LogP contribution in [0.5, 0.6) is 0 Å². The Bertz CT molecular complexity index is 712. The number of rotatable bonds is 4. The summed E-state index contributed by atoms with van der Waals surface area (Å²) in [7, 11) is 0. The minimum absolute atomic E-state index is 0.0169. The maximum atomic E-state index is 13.2. The predicted octanol–water partition coefficient (Wildman–Crippen LogP) is 3.51. The average molecular weight is 348 g/mol. The van der Waals surface area contributed by atoms with Crippen molar-refractivity contribution in [1.82, 2.24) is 0 Å². The first kappa shape index (κ1) is 15.0. The van der Waals surface area contributed by atoms with E-state index in [2.05, 4.69) is 26.6 Å². The first-order valence-corrected chi connectivity index (χ1v) is 6.87. The van der Waals surface area contributed by atoms with Gasteiger partial charge in [0.1, 0.15) is 11.9 Å². The Morgan fingerprint density at radius 2 is 2.05 bits per heavy atom. The van der Waals surface area contributed by atoms with Gasteiger partial charge in [-0.2, -0.15) is 5.26 Å². The number of hydrogen-bond acceptors (Lipinski definition) is 3. The summed E-state index contributed by atoms with van der Waals surface area (Å²) in [6, 6.07) is 13.0. The molecule has 1 amide bonds. The summed E-state index contributed by atoms with van der Waals surface area (Å²) in [5.41, 5.74) is 1.12. The molecule has 6 heteroatoms. The van der Waals surface area contributed by atoms with Crippen LogP contribution in [-0.2, 0) is 4.79 Å². The zero-order valence-corrected chi connectivity index (χ0v) is 12.4. The fourth-order valence-corrected chi connectivity index (χ4v) is 2.07. The number of benzene rings is 2. The molecule has 0 aliphatic heterocycles. The molecular weight excluding hydrogens is 337 g/mol. The highest BCUT2D eigenvalue weighted by molar-refractivity contribution is 9.10. The van der Waals surface area contributed by atoms with E-state index in [1.165, 1.54) is 18.2 Å². The molecule has 0 bridgehead atoms. The lowest BCUT2D eigenvalue weighted by molar-refractivity contribution is -0.114. The standard InChI is InChI=1S/C15H11BrFN3O/c16-11-2-1-3-13(7-11)20-15(21)9-19-12-4-5-14(17)10(6-12)8-18/h1-7,19H,9H2,(H,20,21). The summed E-state index contributed by atoms with van der Waals surface area (Å²) in [5.74, 6) is -0.822. The van der Waals surface area contributed by atoms with Crippen molar-refractivity contribution in [2.24, 2.45) is 0 Å². The van der Waals surface area contributed by atoms with Crippen molar-refractivity contribution in [3.05, 3.63) is 58.3 Å². The van der Waals surface area contributed by atoms with E-state index in [1.54, 1.807) is 18.2 Å². The van der Waals surface area contributed by atoms with Gasteiger partial charge in [0.2, 0.25) is 5.91 Å². The molecule has 0 heterocycles. The number of hydrogen-bond donors (Lipinski definition) is 2. The number of carbonyl (C=O) groups excluding carboxylic acids is 1. The van der Waals surface area contributed by atoms with E-state index < -0.39 is 5.82 Å². The highest BCUT2D eigenvalue weighted by Gasteiger charge is 2.05. The van der Waals surface area contributed by atoms with Crippen LogP contribution in [0, 0.1) is 17.1 Å². The highest BCUT2D eigenvalue weighted by Crippen LogP contribution is 2.16. The molecule has 0 spiro atoms. The van der Waals surface area contributed by atoms with Crippen molar-refractivity contribution < 1.29 is 9.18 Å². The first-order valence-electron chi connectivity index (χ1n) is 6.07. The number of nitrogens with one attached hydrogen (secondary N) is 2. The molecule has 106 valence electrons. The molecule has 21 heavy (non-hydrogen) atoms. The van der Waals surface area contributed by atoms with Gasteiger partial charge in [0.15, 0.2) is 0 Å². The normalized spacial score (nSPS) is 9.76. The summed E-state index contributed by atoms with van der Waals surface area (Å²) < 4.78 is 14.0. The van der Waals surface area contributed by atoms with Crippen LogP contribution in [0.15, 0.2) is 46.9 Å². The van der Waals surface area contributed by atoms with E-state index in [1.807, 2.05) is 12.1 Å². The molecule has 0 fully saturated rings. The molecule has 0 aliphatic rings. The van der Waals surface area contributed by atoms with Gasteiger partial charge in [-0.25, -0.2) is 4.39 Å². The van der Waals surface area contributed by atoms with Crippen molar-refractivity contribution >= 4 is 33.2 Å². The van der Waals surface area contributed by atoms with Gasteiger partial charge < -0.3 is 10.6 Å². The molecule has 0 unspecified atom stereocenters. The van der Waals surface area contributed by atoms with Crippen LogP contribution >= 0.6 is 15.9 Å². The largest absolute Gasteiger partial charge is 0.376 e. The summed E-state index contributed by atoms with van der Waals surface area (Å²) in [4.78, 5) is 11.8. The molecule has 4 nitrogen and oxygen atoms in total. The SMILES string of the molecule is N#Cc1cc(NCC(=O)Nc2cccc(Br)c2)ccc1F. The molecule has 0 radical (unpaired) electrons. The van der Waals surface area contributed by atoms with E-state index >= 15 is 0 Å². The molecular formula is C15H11BrFN3O. The minimum Gasteiger partial charge on any atom is -0.376 e. The second-order valence-corrected chi connectivity index (χ2v) is 5.13. The average Bonchev–Trinajstić information content (AvgIpc) is 2.46. The van der Waals surface area contributed by atoms with E-state index in [-0.39, 0.29) is 18.0 Å². The monoisotopic (exact) mass is 347 g/mol. The van der Waals surface area contributed by atoms with Crippen molar-refractivity contribution in [2.45, 2.75) is 0 Å². The summed E-state index contributed by atoms with van der Waals surface area (Å²) >= 11 is 3.32. The molecule has 0 aromatic heterocycles. The van der Waals surface area contributed by atoms with Gasteiger partial charge in [-0.05, 0) is 36.4 Å². The van der Waals surface area contributed by atoms with E-state index in [0.717, 1.165) is 4.47 Å². The van der Waals surface area contributed by atoms with Gasteiger partial charge in [-0.15, -0.1) is 0 Å². The maximum absolute atomic E-state index is 13.2. The van der Waals surface area contributed by atoms with Crippen molar-refractivity contribution in [1.29, 1.82) is 5.26 Å². The Balaban J connectivity index is 1.94. The van der Waals surface area contributed by atoms with Gasteiger partial charge in [-0.1, -0.05) is 22.0 Å². The molecule has 0 saturated heterocycles. The van der Waals surface area contributed by atoms with Crippen LogP contribution in [0.1, 0.15) is 5.56 Å². The molecule has 0 saturated carbocycles. The number of nitrogens with zero attached hydrogens (tertiary/aromatic N) is 1. The molecule has 2 rings (SSSR count). The van der Waals surface area contributed by atoms with Crippen LogP contribution in [0.25, 0.3) is 0 Å². The zero-order valence-electron chi connectivity index (χ0n) is 10.9. The lowest BCUT2D eigenvalue weighted by Gasteiger charge is -2.08. The Morgan fingerprint density at radius 3 is 2.76 bits per heavy atom. The number of nitriles is 1. The second-order valence-electron chi connectivity index (χ2n) is 4.22. The lowest BCUT2D eigenvalue weighted by atomic mass is 10.2. The fraction of sp³-hybridized carbons (Fsp3) is 0.0667. The van der Waals surface area contributed by atoms with Crippen LogP contribution in [0.4, 0.5) is 15.8 Å². The number of halogens is 2. The van der Waals surface area contributed by atoms with E-state index in [0.29, 0.717) is 11.4 Å². The predicted molar refractivity (Wildman–Crippen MR) is 82.4 cm³/mol. The number of amides is 1. The van der Waals surface area contributed by atoms with E-state index in [9.17, 15) is 9.18 Å². The van der Waals surface area contributed by atoms with Gasteiger partial charge in [0, 0.05) is 15.8 Å². The Labute approximate surface area is 129 Å². The number of anilines is 2. The highest BCUT2D eigenvalue weighted by atomic mass is 79.9. The Hall–Kier alpha value is -2.39. The molecule has 0 aliphatic carbocycles. The first-order chi connectivity index (χ1) is 10.1. The van der Waals surface area contributed by atoms with Crippen molar-refractivity contribution in [3.63, 3.8) is 0 Å². The molecule has 2 N–H and O–H groups in total. The molecule has 2 aromatic rings. The minimum atomic E-state index is -0.582. The van der Waals surface area contributed by atoms with Crippen LogP contribution in [0.2, 0.25) is 0 Å². The van der Waals surface area contributed by atoms with Crippen molar-refractivity contribution in [2.75, 3.05) is 17.2 Å². The van der Waals surface area contributed by atoms with Crippen LogP contribution in [-0.4, -0.2) is 12.5 Å². The second kappa shape index (κ2) is 6.86. The third-order valence-electron chi connectivity index (χ3n) is 2.65. The third kappa shape index (κ3) is 4.29. The van der Waals surface area contributed by atoms with Crippen LogP contribution in [0.3, 0.4) is 0 Å². The molecule has 2 aromatic carbocycles. The lowest BCUT2D eigenvalue weighted by Crippen LogP contribution is -2.21. The maximum Gasteiger partial charge on any atom is 0.243 e. The molecule has 0 atom stereocenters. The topological polar surface area (TPSA) is 64.9 Å². The van der Waals surface area contributed by atoms with Gasteiger partial charge in [-0.3, -0.25) is 4.79 Å². The van der Waals surface area contributed by atoms with Gasteiger partial charge in [0.05, 0.1) is 12.1 Å². The van der Waals surface area contributed by atoms with E-state index in [4.69, 9.17) is 5.26 Å². The Morgan fingerprint density at radius 1 is 1.24 bits per heavy atom. The summed E-state index contributed by atoms with van der Waals surface area (Å²) in [6.45, 7) is 0.0169. The van der Waals surface area contributed by atoms with Crippen molar-refractivity contribution in [3.8, 4) is 6.07 Å². The van der Waals surface area contributed by atoms with Gasteiger partial charge in [0.25, 0.3) is 0 Å². The smallest absolute Gasteiger partial charge is 0.243 e. The van der Waals surface area contributed by atoms with Crippen LogP contribution < -0.4 is 10.6 Å². The fourth-order valence-electron chi connectivity index (χ4n) is 1.67. The zero-order chi connectivity index (χ0) is 15.2. The quantitative estimate of drug-likeness (QED) is 0.889. The summed E-state index contributed by atoms with van der Waals surface area (Å²) in [5, 5.41) is 14.3. The third-order valence-corrected chi connectivity index (χ3v) is 3.14.